The summed E-state index contributed by atoms with van der Waals surface area (Å²) in [5.41, 5.74) is 3.67. The predicted octanol–water partition coefficient (Wildman–Crippen LogP) is -0.935. The third-order valence-corrected chi connectivity index (χ3v) is 3.19. The van der Waals surface area contributed by atoms with Gasteiger partial charge in [0, 0.05) is 25.2 Å². The number of hydrogen-bond acceptors (Lipinski definition) is 7. The van der Waals surface area contributed by atoms with E-state index in [9.17, 15) is 24.9 Å². The molecule has 0 aromatic carbocycles. The van der Waals surface area contributed by atoms with Gasteiger partial charge in [-0.1, -0.05) is 20.8 Å². The molecule has 6 N–H and O–H groups in total. The fourth-order valence-corrected chi connectivity index (χ4v) is 2.33. The van der Waals surface area contributed by atoms with Crippen LogP contribution in [-0.2, 0) is 14.3 Å². The molecule has 8 nitrogen and oxygen atoms in total. The van der Waals surface area contributed by atoms with E-state index in [2.05, 4.69) is 5.73 Å². The molecule has 1 fully saturated rings. The number of aliphatic hydroxyl groups excluding tert-OH is 3. The Labute approximate surface area is 136 Å². The summed E-state index contributed by atoms with van der Waals surface area (Å²) < 4.78 is 5.38. The summed E-state index contributed by atoms with van der Waals surface area (Å²) in [6.45, 7) is 5.86. The summed E-state index contributed by atoms with van der Waals surface area (Å²) in [4.78, 5) is 21.4. The lowest BCUT2D eigenvalue weighted by atomic mass is 9.81. The van der Waals surface area contributed by atoms with E-state index in [-0.39, 0.29) is 25.2 Å². The Hall–Kier alpha value is -1.06. The number of amides is 1. The second-order valence-electron chi connectivity index (χ2n) is 6.88. The van der Waals surface area contributed by atoms with E-state index in [1.54, 1.807) is 20.8 Å². The van der Waals surface area contributed by atoms with Gasteiger partial charge >= 0.3 is 0 Å². The number of carbonyl (C=O) groups excluding carboxylic acids is 2. The van der Waals surface area contributed by atoms with Crippen molar-refractivity contribution in [3.05, 3.63) is 0 Å². The summed E-state index contributed by atoms with van der Waals surface area (Å²) >= 11 is 0. The van der Waals surface area contributed by atoms with Gasteiger partial charge in [0.05, 0.1) is 24.9 Å². The van der Waals surface area contributed by atoms with Crippen molar-refractivity contribution in [2.24, 2.45) is 11.1 Å². The van der Waals surface area contributed by atoms with Crippen LogP contribution in [0.5, 0.6) is 0 Å². The number of primary amides is 1. The Bertz CT molecular complexity index is 403. The first-order valence-electron chi connectivity index (χ1n) is 7.50. The maximum atomic E-state index is 12.2. The van der Waals surface area contributed by atoms with E-state index in [4.69, 9.17) is 9.84 Å². The molecule has 4 atom stereocenters. The predicted molar refractivity (Wildman–Crippen MR) is 82.1 cm³/mol. The third-order valence-electron chi connectivity index (χ3n) is 3.19. The molecule has 136 valence electrons. The van der Waals surface area contributed by atoms with Gasteiger partial charge in [0.1, 0.15) is 0 Å². The molecule has 1 amide bonds. The van der Waals surface area contributed by atoms with Crippen LogP contribution in [0.1, 0.15) is 47.0 Å². The number of aliphatic hydroxyl groups is 4. The maximum Gasteiger partial charge on any atom is 0.229 e. The monoisotopic (exact) mass is 335 g/mol. The Morgan fingerprint density at radius 2 is 1.87 bits per heavy atom. The zero-order chi connectivity index (χ0) is 18.4. The van der Waals surface area contributed by atoms with Crippen molar-refractivity contribution >= 4 is 11.7 Å². The summed E-state index contributed by atoms with van der Waals surface area (Å²) in [5.74, 6) is -2.86. The molecule has 23 heavy (non-hydrogen) atoms. The van der Waals surface area contributed by atoms with E-state index >= 15 is 0 Å². The van der Waals surface area contributed by atoms with Crippen LogP contribution in [0.15, 0.2) is 0 Å². The van der Waals surface area contributed by atoms with Gasteiger partial charge in [-0.2, -0.15) is 0 Å². The Kier molecular flexibility index (Phi) is 8.30. The molecule has 1 heterocycles. The van der Waals surface area contributed by atoms with Gasteiger partial charge in [-0.15, -0.1) is 0 Å². The highest BCUT2D eigenvalue weighted by molar-refractivity contribution is 5.90. The minimum Gasteiger partial charge on any atom is -0.394 e. The standard InChI is InChI=1S/C13H24O6.C2H5NO/c1-12(2,3)11(17)13(18)6-8(15)4-10(19-13)5-9(16)7-14;1-2(3)4/h8-10,14-16,18H,4-7H2,1-3H3;1H3,(H2,3,4). The Morgan fingerprint density at radius 3 is 2.26 bits per heavy atom. The van der Waals surface area contributed by atoms with E-state index in [0.29, 0.717) is 0 Å². The maximum absolute atomic E-state index is 12.2. The molecule has 0 aromatic heterocycles. The zero-order valence-corrected chi connectivity index (χ0v) is 14.2. The minimum absolute atomic E-state index is 0.0628. The highest BCUT2D eigenvalue weighted by atomic mass is 16.6. The fourth-order valence-electron chi connectivity index (χ4n) is 2.33. The van der Waals surface area contributed by atoms with Crippen LogP contribution in [0.3, 0.4) is 0 Å². The van der Waals surface area contributed by atoms with Gasteiger partial charge in [0.15, 0.2) is 5.78 Å². The van der Waals surface area contributed by atoms with Gasteiger partial charge < -0.3 is 30.9 Å². The average molecular weight is 335 g/mol. The van der Waals surface area contributed by atoms with Crippen LogP contribution in [-0.4, -0.2) is 62.8 Å². The van der Waals surface area contributed by atoms with Crippen LogP contribution >= 0.6 is 0 Å². The van der Waals surface area contributed by atoms with Gasteiger partial charge in [-0.05, 0) is 6.42 Å². The number of ether oxygens (including phenoxy) is 1. The van der Waals surface area contributed by atoms with Crippen molar-refractivity contribution < 1.29 is 34.8 Å². The number of carbonyl (C=O) groups is 2. The lowest BCUT2D eigenvalue weighted by Gasteiger charge is -2.41. The molecule has 0 radical (unpaired) electrons. The number of nitrogens with two attached hydrogens (primary N) is 1. The molecule has 0 bridgehead atoms. The smallest absolute Gasteiger partial charge is 0.229 e. The normalized spacial score (nSPS) is 29.2. The lowest BCUT2D eigenvalue weighted by molar-refractivity contribution is -0.265. The van der Waals surface area contributed by atoms with Crippen LogP contribution in [0.25, 0.3) is 0 Å². The Balaban J connectivity index is 0.00000108. The first-order valence-corrected chi connectivity index (χ1v) is 7.50. The van der Waals surface area contributed by atoms with E-state index in [0.717, 1.165) is 0 Å². The van der Waals surface area contributed by atoms with Crippen LogP contribution in [0.4, 0.5) is 0 Å². The van der Waals surface area contributed by atoms with Gasteiger partial charge in [0.2, 0.25) is 11.7 Å². The SMILES string of the molecule is CC(C)(C)C(=O)C1(O)CC(O)CC(CC(O)CO)O1.CC(N)=O. The summed E-state index contributed by atoms with van der Waals surface area (Å²) in [7, 11) is 0. The number of rotatable bonds is 4. The molecule has 4 unspecified atom stereocenters. The van der Waals surface area contributed by atoms with E-state index < -0.39 is 41.9 Å². The minimum atomic E-state index is -2.03. The van der Waals surface area contributed by atoms with E-state index in [1.807, 2.05) is 0 Å². The lowest BCUT2D eigenvalue weighted by Crippen LogP contribution is -2.55. The molecule has 1 rings (SSSR count). The molecule has 0 aliphatic carbocycles. The molecule has 0 saturated carbocycles. The highest BCUT2D eigenvalue weighted by Crippen LogP contribution is 2.34. The van der Waals surface area contributed by atoms with E-state index in [1.165, 1.54) is 6.92 Å². The molecule has 8 heteroatoms. The molecule has 1 aliphatic heterocycles. The highest BCUT2D eigenvalue weighted by Gasteiger charge is 2.49. The van der Waals surface area contributed by atoms with Gasteiger partial charge in [-0.25, -0.2) is 0 Å². The van der Waals surface area contributed by atoms with Crippen LogP contribution < -0.4 is 5.73 Å². The second-order valence-corrected chi connectivity index (χ2v) is 6.88. The molecular formula is C15H29NO7. The molecule has 1 aliphatic rings. The van der Waals surface area contributed by atoms with Crippen molar-refractivity contribution in [2.75, 3.05) is 6.61 Å². The van der Waals surface area contributed by atoms with Crippen molar-refractivity contribution in [2.45, 2.75) is 71.1 Å². The first-order chi connectivity index (χ1) is 10.3. The van der Waals surface area contributed by atoms with Crippen LogP contribution in [0.2, 0.25) is 0 Å². The van der Waals surface area contributed by atoms with Crippen molar-refractivity contribution in [1.29, 1.82) is 0 Å². The van der Waals surface area contributed by atoms with Crippen molar-refractivity contribution in [3.8, 4) is 0 Å². The quantitative estimate of drug-likeness (QED) is 0.445. The molecule has 0 spiro atoms. The molecule has 1 saturated heterocycles. The summed E-state index contributed by atoms with van der Waals surface area (Å²) in [5, 5.41) is 38.3. The zero-order valence-electron chi connectivity index (χ0n) is 14.2. The number of hydrogen-bond donors (Lipinski definition) is 5. The summed E-state index contributed by atoms with van der Waals surface area (Å²) in [6.07, 6.45) is -2.42. The third kappa shape index (κ3) is 7.85. The topological polar surface area (TPSA) is 150 Å². The second kappa shape index (κ2) is 8.70. The van der Waals surface area contributed by atoms with Gasteiger partial charge in [-0.3, -0.25) is 9.59 Å². The van der Waals surface area contributed by atoms with Crippen molar-refractivity contribution in [1.82, 2.24) is 0 Å². The number of Topliss-reactive ketones (excluding diaryl/α,β-unsaturated/α-hetero) is 1. The van der Waals surface area contributed by atoms with Crippen LogP contribution in [0, 0.1) is 5.41 Å². The number of ketones is 1. The first kappa shape index (κ1) is 21.9. The molecule has 0 aromatic rings. The van der Waals surface area contributed by atoms with Gasteiger partial charge in [0.25, 0.3) is 0 Å². The average Bonchev–Trinajstić information content (AvgIpc) is 2.34. The largest absolute Gasteiger partial charge is 0.394 e. The van der Waals surface area contributed by atoms with Crippen molar-refractivity contribution in [3.63, 3.8) is 0 Å². The molecular weight excluding hydrogens is 306 g/mol. The Morgan fingerprint density at radius 1 is 1.39 bits per heavy atom. The fraction of sp³-hybridized carbons (Fsp3) is 0.867. The summed E-state index contributed by atoms with van der Waals surface area (Å²) in [6, 6.07) is 0.